The molecule has 3 rings (SSSR count). The number of esters is 1. The van der Waals surface area contributed by atoms with E-state index in [4.69, 9.17) is 4.74 Å². The Bertz CT molecular complexity index is 967. The fourth-order valence-electron chi connectivity index (χ4n) is 2.93. The Kier molecular flexibility index (Phi) is 5.43. The lowest BCUT2D eigenvalue weighted by Gasteiger charge is -2.22. The first kappa shape index (κ1) is 17.8. The summed E-state index contributed by atoms with van der Waals surface area (Å²) in [5, 5.41) is 5.89. The first-order valence-corrected chi connectivity index (χ1v) is 8.38. The molecular weight excluding hydrogens is 330 g/mol. The number of hydrogen-bond donors (Lipinski definition) is 0. The highest BCUT2D eigenvalue weighted by molar-refractivity contribution is 5.83. The fraction of sp³-hybridized carbons (Fsp3) is 0.250. The maximum Gasteiger partial charge on any atom is 0.319 e. The van der Waals surface area contributed by atoms with E-state index in [2.05, 4.69) is 5.10 Å². The lowest BCUT2D eigenvalue weighted by molar-refractivity contribution is -0.142. The molecule has 0 unspecified atom stereocenters. The highest BCUT2D eigenvalue weighted by Crippen LogP contribution is 2.12. The van der Waals surface area contributed by atoms with Crippen LogP contribution in [0.3, 0.4) is 0 Å². The molecule has 6 heteroatoms. The average Bonchev–Trinajstić information content (AvgIpc) is 2.66. The largest absolute Gasteiger partial charge is 0.468 e. The summed E-state index contributed by atoms with van der Waals surface area (Å²) in [6.45, 7) is 2.66. The normalized spacial score (nSPS) is 11.0. The van der Waals surface area contributed by atoms with Crippen LogP contribution in [0.5, 0.6) is 0 Å². The van der Waals surface area contributed by atoms with E-state index in [1.165, 1.54) is 11.8 Å². The highest BCUT2D eigenvalue weighted by atomic mass is 16.5. The second-order valence-corrected chi connectivity index (χ2v) is 6.13. The molecule has 0 atom stereocenters. The molecule has 0 saturated heterocycles. The van der Waals surface area contributed by atoms with Crippen molar-refractivity contribution in [1.29, 1.82) is 0 Å². The van der Waals surface area contributed by atoms with E-state index in [1.807, 2.05) is 60.4 Å². The molecule has 1 aromatic heterocycles. The predicted octanol–water partition coefficient (Wildman–Crippen LogP) is 2.34. The van der Waals surface area contributed by atoms with Gasteiger partial charge in [0.15, 0.2) is 0 Å². The van der Waals surface area contributed by atoms with Crippen molar-refractivity contribution >= 4 is 16.7 Å². The molecular formula is C20H21N3O3. The smallest absolute Gasteiger partial charge is 0.319 e. The van der Waals surface area contributed by atoms with Gasteiger partial charge in [-0.2, -0.15) is 5.10 Å². The Morgan fingerprint density at radius 2 is 1.73 bits per heavy atom. The number of carbonyl (C=O) groups is 1. The summed E-state index contributed by atoms with van der Waals surface area (Å²) in [7, 11) is 1.35. The number of carbonyl (C=O) groups excluding carboxylic acids is 1. The van der Waals surface area contributed by atoms with Crippen LogP contribution < -0.4 is 5.56 Å². The van der Waals surface area contributed by atoms with Gasteiger partial charge in [0.2, 0.25) is 0 Å². The molecule has 0 aliphatic heterocycles. The Hall–Kier alpha value is -2.99. The van der Waals surface area contributed by atoms with Crippen LogP contribution in [0.1, 0.15) is 11.3 Å². The average molecular weight is 351 g/mol. The van der Waals surface area contributed by atoms with Crippen molar-refractivity contribution in [3.8, 4) is 0 Å². The zero-order chi connectivity index (χ0) is 18.5. The maximum absolute atomic E-state index is 12.8. The van der Waals surface area contributed by atoms with Crippen molar-refractivity contribution in [1.82, 2.24) is 14.7 Å². The quantitative estimate of drug-likeness (QED) is 0.638. The summed E-state index contributed by atoms with van der Waals surface area (Å²) in [4.78, 5) is 26.4. The number of rotatable bonds is 6. The van der Waals surface area contributed by atoms with Crippen molar-refractivity contribution in [2.75, 3.05) is 13.7 Å². The van der Waals surface area contributed by atoms with Gasteiger partial charge in [-0.05, 0) is 18.6 Å². The second-order valence-electron chi connectivity index (χ2n) is 6.13. The van der Waals surface area contributed by atoms with Gasteiger partial charge in [0.05, 0.1) is 31.4 Å². The van der Waals surface area contributed by atoms with Crippen LogP contribution in [0.15, 0.2) is 59.4 Å². The summed E-state index contributed by atoms with van der Waals surface area (Å²) in [5.41, 5.74) is 1.65. The molecule has 0 radical (unpaired) electrons. The molecule has 0 bridgehead atoms. The summed E-state index contributed by atoms with van der Waals surface area (Å²) in [6, 6.07) is 17.2. The third-order valence-corrected chi connectivity index (χ3v) is 4.22. The van der Waals surface area contributed by atoms with Gasteiger partial charge < -0.3 is 4.74 Å². The number of benzene rings is 2. The van der Waals surface area contributed by atoms with Crippen molar-refractivity contribution < 1.29 is 9.53 Å². The molecule has 134 valence electrons. The van der Waals surface area contributed by atoms with E-state index < -0.39 is 0 Å². The SMILES string of the molecule is COC(=O)CN(Cc1ccccc1)Cn1nc(C)c2ccccc2c1=O. The Morgan fingerprint density at radius 3 is 2.42 bits per heavy atom. The van der Waals surface area contributed by atoms with Crippen molar-refractivity contribution in [3.63, 3.8) is 0 Å². The van der Waals surface area contributed by atoms with Crippen molar-refractivity contribution in [2.24, 2.45) is 0 Å². The molecule has 0 saturated carbocycles. The summed E-state index contributed by atoms with van der Waals surface area (Å²) in [6.07, 6.45) is 0. The molecule has 1 heterocycles. The number of fused-ring (bicyclic) bond motifs is 1. The van der Waals surface area contributed by atoms with E-state index >= 15 is 0 Å². The number of nitrogens with zero attached hydrogens (tertiary/aromatic N) is 3. The number of ether oxygens (including phenoxy) is 1. The van der Waals surface area contributed by atoms with Crippen molar-refractivity contribution in [2.45, 2.75) is 20.1 Å². The van der Waals surface area contributed by atoms with Crippen LogP contribution in [-0.4, -0.2) is 34.3 Å². The Morgan fingerprint density at radius 1 is 1.08 bits per heavy atom. The molecule has 0 aliphatic rings. The van der Waals surface area contributed by atoms with Crippen LogP contribution in [0.4, 0.5) is 0 Å². The van der Waals surface area contributed by atoms with E-state index in [0.29, 0.717) is 11.9 Å². The summed E-state index contributed by atoms with van der Waals surface area (Å²) < 4.78 is 6.20. The first-order valence-electron chi connectivity index (χ1n) is 8.38. The van der Waals surface area contributed by atoms with Crippen LogP contribution >= 0.6 is 0 Å². The number of methoxy groups -OCH3 is 1. The third kappa shape index (κ3) is 3.97. The van der Waals surface area contributed by atoms with Gasteiger partial charge in [0.25, 0.3) is 5.56 Å². The van der Waals surface area contributed by atoms with E-state index in [9.17, 15) is 9.59 Å². The zero-order valence-corrected chi connectivity index (χ0v) is 14.9. The molecule has 2 aromatic carbocycles. The van der Waals surface area contributed by atoms with E-state index in [1.54, 1.807) is 6.07 Å². The predicted molar refractivity (Wildman–Crippen MR) is 99.6 cm³/mol. The Labute approximate surface area is 151 Å². The highest BCUT2D eigenvalue weighted by Gasteiger charge is 2.15. The third-order valence-electron chi connectivity index (χ3n) is 4.22. The monoisotopic (exact) mass is 351 g/mol. The minimum absolute atomic E-state index is 0.0748. The first-order chi connectivity index (χ1) is 12.6. The van der Waals surface area contributed by atoms with Crippen LogP contribution in [-0.2, 0) is 22.7 Å². The van der Waals surface area contributed by atoms with Gasteiger partial charge >= 0.3 is 5.97 Å². The van der Waals surface area contributed by atoms with Gasteiger partial charge in [-0.15, -0.1) is 0 Å². The van der Waals surface area contributed by atoms with Gasteiger partial charge in [-0.1, -0.05) is 48.5 Å². The van der Waals surface area contributed by atoms with E-state index in [-0.39, 0.29) is 24.7 Å². The number of aryl methyl sites for hydroxylation is 1. The number of aromatic nitrogens is 2. The van der Waals surface area contributed by atoms with Gasteiger partial charge in [-0.25, -0.2) is 4.68 Å². The van der Waals surface area contributed by atoms with Crippen LogP contribution in [0, 0.1) is 6.92 Å². The molecule has 0 fully saturated rings. The lowest BCUT2D eigenvalue weighted by Crippen LogP contribution is -2.37. The van der Waals surface area contributed by atoms with Gasteiger partial charge in [-0.3, -0.25) is 14.5 Å². The molecule has 6 nitrogen and oxygen atoms in total. The van der Waals surface area contributed by atoms with E-state index in [0.717, 1.165) is 16.6 Å². The molecule has 0 amide bonds. The van der Waals surface area contributed by atoms with Gasteiger partial charge in [0, 0.05) is 11.9 Å². The molecule has 26 heavy (non-hydrogen) atoms. The number of hydrogen-bond acceptors (Lipinski definition) is 5. The minimum atomic E-state index is -0.355. The molecule has 0 N–H and O–H groups in total. The molecule has 0 spiro atoms. The minimum Gasteiger partial charge on any atom is -0.468 e. The summed E-state index contributed by atoms with van der Waals surface area (Å²) >= 11 is 0. The topological polar surface area (TPSA) is 64.4 Å². The molecule has 0 aliphatic carbocycles. The second kappa shape index (κ2) is 7.93. The maximum atomic E-state index is 12.8. The van der Waals surface area contributed by atoms with Gasteiger partial charge in [0.1, 0.15) is 0 Å². The summed E-state index contributed by atoms with van der Waals surface area (Å²) in [5.74, 6) is -0.355. The van der Waals surface area contributed by atoms with Crippen molar-refractivity contribution in [3.05, 3.63) is 76.2 Å². The zero-order valence-electron chi connectivity index (χ0n) is 14.9. The lowest BCUT2D eigenvalue weighted by atomic mass is 10.1. The van der Waals surface area contributed by atoms with Crippen LogP contribution in [0.25, 0.3) is 10.8 Å². The van der Waals surface area contributed by atoms with Crippen LogP contribution in [0.2, 0.25) is 0 Å². The Balaban J connectivity index is 1.93. The fourth-order valence-corrected chi connectivity index (χ4v) is 2.93. The molecule has 3 aromatic rings. The standard InChI is InChI=1S/C20H21N3O3/c1-15-17-10-6-7-11-18(17)20(25)23(21-15)14-22(13-19(24)26-2)12-16-8-4-3-5-9-16/h3-11H,12-14H2,1-2H3.